The summed E-state index contributed by atoms with van der Waals surface area (Å²) in [5.74, 6) is -0.247. The van der Waals surface area contributed by atoms with Crippen LogP contribution in [0.4, 0.5) is 0 Å². The normalized spacial score (nSPS) is 14.2. The first-order valence-electron chi connectivity index (χ1n) is 12.7. The number of aliphatic hydroxyl groups excluding tert-OH is 3. The Morgan fingerprint density at radius 2 is 1.33 bits per heavy atom. The van der Waals surface area contributed by atoms with Crippen LogP contribution >= 0.6 is 0 Å². The lowest BCUT2D eigenvalue weighted by Crippen LogP contribution is -2.42. The van der Waals surface area contributed by atoms with Gasteiger partial charge in [0.1, 0.15) is 12.6 Å². The first-order chi connectivity index (χ1) is 16.1. The molecule has 3 N–H and O–H groups in total. The van der Waals surface area contributed by atoms with E-state index < -0.39 is 23.2 Å². The molecule has 216 valence electrons. The van der Waals surface area contributed by atoms with Crippen LogP contribution in [0, 0.1) is 33.5 Å². The molecular weight excluding hydrogens is 464 g/mol. The third-order valence-corrected chi connectivity index (χ3v) is 5.68. The minimum atomic E-state index is -0.774. The average molecular weight is 521 g/mol. The molecule has 8 nitrogen and oxygen atoms in total. The van der Waals surface area contributed by atoms with Gasteiger partial charge in [-0.3, -0.25) is 4.79 Å². The molecule has 8 heteroatoms. The van der Waals surface area contributed by atoms with Crippen molar-refractivity contribution >= 4 is 18.5 Å². The molecule has 0 radical (unpaired) electrons. The summed E-state index contributed by atoms with van der Waals surface area (Å²) in [6, 6.07) is 0. The molecule has 0 amide bonds. The smallest absolute Gasteiger partial charge is 0.308 e. The largest absolute Gasteiger partial charge is 0.465 e. The first-order valence-corrected chi connectivity index (χ1v) is 12.7. The Morgan fingerprint density at radius 3 is 1.64 bits per heavy atom. The maximum absolute atomic E-state index is 11.0. The fourth-order valence-corrected chi connectivity index (χ4v) is 2.27. The number of rotatable bonds is 13. The maximum atomic E-state index is 11.0. The van der Waals surface area contributed by atoms with Gasteiger partial charge in [0.15, 0.2) is 6.29 Å². The Hall–Kier alpha value is -1.35. The van der Waals surface area contributed by atoms with Gasteiger partial charge < -0.3 is 34.4 Å². The molecular formula is C28H56O8. The highest BCUT2D eigenvalue weighted by molar-refractivity contribution is 5.71. The molecule has 36 heavy (non-hydrogen) atoms. The summed E-state index contributed by atoms with van der Waals surface area (Å²) in [6.45, 7) is 24.6. The zero-order valence-corrected chi connectivity index (χ0v) is 25.2. The number of ether oxygens (including phenoxy) is 2. The van der Waals surface area contributed by atoms with Gasteiger partial charge in [-0.15, -0.1) is 0 Å². The van der Waals surface area contributed by atoms with Crippen molar-refractivity contribution in [1.82, 2.24) is 0 Å². The van der Waals surface area contributed by atoms with Crippen LogP contribution in [0.5, 0.6) is 0 Å². The van der Waals surface area contributed by atoms with E-state index in [1.165, 1.54) is 0 Å². The standard InChI is InChI=1S/C10H20O2.2C9H18O3/c1-6-9(2,3)8(12)10(4,5)7-11;2*1-7(2)8(11)12-6-9(3,4)5-10/h7-8,12H,6H2,1-5H3;7,10H,5-6H2,1-4H3;5,7-8,11H,6H2,1-4H3. The fourth-order valence-electron chi connectivity index (χ4n) is 2.27. The highest BCUT2D eigenvalue weighted by Gasteiger charge is 2.38. The summed E-state index contributed by atoms with van der Waals surface area (Å²) in [4.78, 5) is 32.1. The Balaban J connectivity index is -0.000000454. The molecule has 0 aliphatic carbocycles. The highest BCUT2D eigenvalue weighted by atomic mass is 16.6. The summed E-state index contributed by atoms with van der Waals surface area (Å²) >= 11 is 0. The Kier molecular flexibility index (Phi) is 18.7. The minimum Gasteiger partial charge on any atom is -0.465 e. The van der Waals surface area contributed by atoms with E-state index in [9.17, 15) is 24.6 Å². The van der Waals surface area contributed by atoms with E-state index in [0.29, 0.717) is 0 Å². The van der Waals surface area contributed by atoms with Crippen LogP contribution in [-0.2, 0) is 23.9 Å². The van der Waals surface area contributed by atoms with E-state index in [2.05, 4.69) is 0 Å². The van der Waals surface area contributed by atoms with Crippen LogP contribution in [0.25, 0.3) is 0 Å². The molecule has 0 bridgehead atoms. The SMILES string of the molecule is CC(C)C(=O)OCC(C)(C)CO.CC(C)C(O)OCC(C)(C)C=O.CCC(C)(C)C(O)C(C)(C)C=O. The van der Waals surface area contributed by atoms with Gasteiger partial charge in [0.05, 0.1) is 31.8 Å². The Bertz CT molecular complexity index is 621. The van der Waals surface area contributed by atoms with E-state index in [1.807, 2.05) is 48.5 Å². The number of aldehydes is 2. The fraction of sp³-hybridized carbons (Fsp3) is 0.893. The molecule has 0 aliphatic rings. The van der Waals surface area contributed by atoms with Crippen LogP contribution < -0.4 is 0 Å². The number of carbonyl (C=O) groups is 3. The van der Waals surface area contributed by atoms with E-state index in [1.54, 1.807) is 41.5 Å². The molecule has 0 aliphatic heterocycles. The summed E-state index contributed by atoms with van der Waals surface area (Å²) < 4.78 is 10.0. The zero-order valence-electron chi connectivity index (χ0n) is 25.2. The predicted octanol–water partition coefficient (Wildman–Crippen LogP) is 4.42. The van der Waals surface area contributed by atoms with E-state index in [-0.39, 0.29) is 48.5 Å². The van der Waals surface area contributed by atoms with Gasteiger partial charge in [0.2, 0.25) is 0 Å². The quantitative estimate of drug-likeness (QED) is 0.185. The topological polar surface area (TPSA) is 130 Å². The van der Waals surface area contributed by atoms with Crippen molar-refractivity contribution < 1.29 is 39.2 Å². The van der Waals surface area contributed by atoms with Crippen LogP contribution in [-0.4, -0.2) is 66.1 Å². The first kappa shape index (κ1) is 39.2. The number of carbonyl (C=O) groups excluding carboxylic acids is 3. The molecule has 0 heterocycles. The van der Waals surface area contributed by atoms with E-state index >= 15 is 0 Å². The summed E-state index contributed by atoms with van der Waals surface area (Å²) in [6.07, 6.45) is 1.18. The van der Waals surface area contributed by atoms with Gasteiger partial charge in [-0.05, 0) is 11.8 Å². The summed E-state index contributed by atoms with van der Waals surface area (Å²) in [5.41, 5.74) is -1.66. The van der Waals surface area contributed by atoms with Crippen LogP contribution in [0.3, 0.4) is 0 Å². The van der Waals surface area contributed by atoms with Gasteiger partial charge in [0, 0.05) is 22.2 Å². The molecule has 0 aromatic carbocycles. The third-order valence-electron chi connectivity index (χ3n) is 5.68. The molecule has 2 atom stereocenters. The van der Waals surface area contributed by atoms with E-state index in [0.717, 1.165) is 19.0 Å². The lowest BCUT2D eigenvalue weighted by atomic mass is 9.71. The lowest BCUT2D eigenvalue weighted by molar-refractivity contribution is -0.151. The minimum absolute atomic E-state index is 0.0262. The monoisotopic (exact) mass is 520 g/mol. The van der Waals surface area contributed by atoms with Crippen molar-refractivity contribution in [3.05, 3.63) is 0 Å². The molecule has 0 saturated heterocycles. The van der Waals surface area contributed by atoms with Gasteiger partial charge in [-0.2, -0.15) is 0 Å². The maximum Gasteiger partial charge on any atom is 0.308 e. The molecule has 0 spiro atoms. The second-order valence-electron chi connectivity index (χ2n) is 12.8. The second kappa shape index (κ2) is 17.2. The molecule has 0 fully saturated rings. The van der Waals surface area contributed by atoms with Crippen molar-refractivity contribution in [3.63, 3.8) is 0 Å². The Morgan fingerprint density at radius 1 is 0.861 bits per heavy atom. The van der Waals surface area contributed by atoms with Crippen LogP contribution in [0.15, 0.2) is 0 Å². The molecule has 2 unspecified atom stereocenters. The van der Waals surface area contributed by atoms with Crippen LogP contribution in [0.2, 0.25) is 0 Å². The average Bonchev–Trinajstić information content (AvgIpc) is 2.81. The van der Waals surface area contributed by atoms with Crippen LogP contribution in [0.1, 0.15) is 96.4 Å². The van der Waals surface area contributed by atoms with Gasteiger partial charge >= 0.3 is 5.97 Å². The van der Waals surface area contributed by atoms with Crippen molar-refractivity contribution in [2.75, 3.05) is 19.8 Å². The Labute approximate surface area is 220 Å². The van der Waals surface area contributed by atoms with Gasteiger partial charge in [-0.25, -0.2) is 0 Å². The number of esters is 1. The molecule has 0 rings (SSSR count). The molecule has 0 saturated carbocycles. The lowest BCUT2D eigenvalue weighted by Gasteiger charge is -2.37. The molecule has 0 aromatic rings. The number of hydrogen-bond donors (Lipinski definition) is 3. The number of hydrogen-bond acceptors (Lipinski definition) is 8. The summed E-state index contributed by atoms with van der Waals surface area (Å²) in [5, 5.41) is 28.0. The van der Waals surface area contributed by atoms with Gasteiger partial charge in [-0.1, -0.05) is 90.0 Å². The third kappa shape index (κ3) is 18.0. The summed E-state index contributed by atoms with van der Waals surface area (Å²) in [7, 11) is 0. The van der Waals surface area contributed by atoms with Crippen molar-refractivity contribution in [2.45, 2.75) is 109 Å². The van der Waals surface area contributed by atoms with Crippen molar-refractivity contribution in [3.8, 4) is 0 Å². The highest BCUT2D eigenvalue weighted by Crippen LogP contribution is 2.35. The molecule has 0 aromatic heterocycles. The second-order valence-corrected chi connectivity index (χ2v) is 12.8. The van der Waals surface area contributed by atoms with Crippen molar-refractivity contribution in [1.29, 1.82) is 0 Å². The van der Waals surface area contributed by atoms with Gasteiger partial charge in [0.25, 0.3) is 0 Å². The predicted molar refractivity (Wildman–Crippen MR) is 143 cm³/mol. The zero-order chi connectivity index (χ0) is 29.5. The van der Waals surface area contributed by atoms with E-state index in [4.69, 9.17) is 14.6 Å². The number of aliphatic hydroxyl groups is 3. The van der Waals surface area contributed by atoms with Crippen molar-refractivity contribution in [2.24, 2.45) is 33.5 Å².